The predicted molar refractivity (Wildman–Crippen MR) is 86.4 cm³/mol. The van der Waals surface area contributed by atoms with Crippen LogP contribution < -0.4 is 10.1 Å². The molecule has 1 N–H and O–H groups in total. The summed E-state index contributed by atoms with van der Waals surface area (Å²) in [6.45, 7) is -0.292. The highest BCUT2D eigenvalue weighted by Crippen LogP contribution is 2.17. The summed E-state index contributed by atoms with van der Waals surface area (Å²) < 4.78 is 6.66. The van der Waals surface area contributed by atoms with Crippen molar-refractivity contribution in [3.8, 4) is 11.4 Å². The van der Waals surface area contributed by atoms with E-state index in [0.717, 1.165) is 0 Å². The van der Waals surface area contributed by atoms with Crippen LogP contribution in [0.4, 0.5) is 11.6 Å². The fraction of sp³-hybridized carbons (Fsp3) is 0.0667. The third kappa shape index (κ3) is 3.93. The summed E-state index contributed by atoms with van der Waals surface area (Å²) in [5.74, 6) is 0.0252. The van der Waals surface area contributed by atoms with E-state index in [1.807, 2.05) is 18.2 Å². The first-order valence-corrected chi connectivity index (χ1v) is 7.14. The summed E-state index contributed by atoms with van der Waals surface area (Å²) in [7, 11) is 0. The number of non-ortho nitro benzene ring substituents is 1. The van der Waals surface area contributed by atoms with Gasteiger partial charge >= 0.3 is 0 Å². The van der Waals surface area contributed by atoms with Gasteiger partial charge in [0, 0.05) is 12.1 Å². The van der Waals surface area contributed by atoms with E-state index in [-0.39, 0.29) is 18.2 Å². The third-order valence-electron chi connectivity index (χ3n) is 3.14. The van der Waals surface area contributed by atoms with Gasteiger partial charge in [-0.2, -0.15) is 4.68 Å². The smallest absolute Gasteiger partial charge is 0.269 e. The standard InChI is InChI=1S/C15H12N6O4/c22-14(10-25-13-8-6-12(7-9-13)21(23)24)16-15-17-18-19-20(15)11-4-2-1-3-5-11/h1-9H,10H2,(H,16,17,19,22). The Morgan fingerprint density at radius 3 is 2.56 bits per heavy atom. The minimum absolute atomic E-state index is 0.0566. The van der Waals surface area contributed by atoms with E-state index in [4.69, 9.17) is 4.74 Å². The quantitative estimate of drug-likeness (QED) is 0.533. The number of nitrogens with zero attached hydrogens (tertiary/aromatic N) is 5. The molecular weight excluding hydrogens is 328 g/mol. The molecule has 0 aliphatic rings. The van der Waals surface area contributed by atoms with E-state index in [1.54, 1.807) is 12.1 Å². The van der Waals surface area contributed by atoms with Crippen molar-refractivity contribution in [2.24, 2.45) is 0 Å². The molecule has 0 spiro atoms. The van der Waals surface area contributed by atoms with Gasteiger partial charge in [0.2, 0.25) is 0 Å². The summed E-state index contributed by atoms with van der Waals surface area (Å²) in [6, 6.07) is 14.5. The number of tetrazole rings is 1. The number of hydrogen-bond acceptors (Lipinski definition) is 7. The lowest BCUT2D eigenvalue weighted by molar-refractivity contribution is -0.384. The van der Waals surface area contributed by atoms with E-state index in [2.05, 4.69) is 20.8 Å². The number of anilines is 1. The maximum absolute atomic E-state index is 12.0. The first-order chi connectivity index (χ1) is 12.1. The number of benzene rings is 2. The van der Waals surface area contributed by atoms with Crippen LogP contribution in [0.5, 0.6) is 5.75 Å². The molecule has 0 unspecified atom stereocenters. The average molecular weight is 340 g/mol. The number of amides is 1. The molecule has 1 aromatic heterocycles. The van der Waals surface area contributed by atoms with E-state index >= 15 is 0 Å². The van der Waals surface area contributed by atoms with Gasteiger partial charge in [0.15, 0.2) is 6.61 Å². The fourth-order valence-corrected chi connectivity index (χ4v) is 1.98. The van der Waals surface area contributed by atoms with Crippen molar-refractivity contribution in [2.75, 3.05) is 11.9 Å². The second-order valence-electron chi connectivity index (χ2n) is 4.84. The molecule has 0 aliphatic carbocycles. The average Bonchev–Trinajstić information content (AvgIpc) is 3.09. The van der Waals surface area contributed by atoms with E-state index in [0.29, 0.717) is 11.4 Å². The zero-order valence-electron chi connectivity index (χ0n) is 12.8. The summed E-state index contributed by atoms with van der Waals surface area (Å²) in [6.07, 6.45) is 0. The van der Waals surface area contributed by atoms with Crippen LogP contribution in [-0.2, 0) is 4.79 Å². The second-order valence-corrected chi connectivity index (χ2v) is 4.84. The number of rotatable bonds is 6. The molecule has 2 aromatic carbocycles. The highest BCUT2D eigenvalue weighted by atomic mass is 16.6. The molecule has 10 nitrogen and oxygen atoms in total. The topological polar surface area (TPSA) is 125 Å². The number of carbonyl (C=O) groups excluding carboxylic acids is 1. The molecule has 0 radical (unpaired) electrons. The van der Waals surface area contributed by atoms with Crippen molar-refractivity contribution >= 4 is 17.5 Å². The lowest BCUT2D eigenvalue weighted by Crippen LogP contribution is -2.22. The minimum atomic E-state index is -0.514. The highest BCUT2D eigenvalue weighted by molar-refractivity contribution is 5.90. The lowest BCUT2D eigenvalue weighted by Gasteiger charge is -2.07. The Hall–Kier alpha value is -3.82. The number of nitro benzene ring substituents is 1. The van der Waals surface area contributed by atoms with Crippen molar-refractivity contribution in [1.29, 1.82) is 0 Å². The molecule has 126 valence electrons. The van der Waals surface area contributed by atoms with Crippen LogP contribution in [0.3, 0.4) is 0 Å². The Morgan fingerprint density at radius 1 is 1.16 bits per heavy atom. The fourth-order valence-electron chi connectivity index (χ4n) is 1.98. The monoisotopic (exact) mass is 340 g/mol. The number of ether oxygens (including phenoxy) is 1. The van der Waals surface area contributed by atoms with Crippen LogP contribution >= 0.6 is 0 Å². The van der Waals surface area contributed by atoms with Crippen molar-refractivity contribution in [3.05, 3.63) is 64.7 Å². The summed E-state index contributed by atoms with van der Waals surface area (Å²) in [4.78, 5) is 22.1. The molecule has 0 bridgehead atoms. The van der Waals surface area contributed by atoms with Crippen LogP contribution in [0.15, 0.2) is 54.6 Å². The molecule has 0 aliphatic heterocycles. The van der Waals surface area contributed by atoms with Gasteiger partial charge in [-0.05, 0) is 34.7 Å². The number of aromatic nitrogens is 4. The first kappa shape index (κ1) is 16.1. The maximum atomic E-state index is 12.0. The minimum Gasteiger partial charge on any atom is -0.484 e. The van der Waals surface area contributed by atoms with E-state index < -0.39 is 10.8 Å². The molecule has 0 fully saturated rings. The van der Waals surface area contributed by atoms with E-state index in [1.165, 1.54) is 28.9 Å². The van der Waals surface area contributed by atoms with Crippen molar-refractivity contribution < 1.29 is 14.5 Å². The van der Waals surface area contributed by atoms with Gasteiger partial charge in [-0.25, -0.2) is 0 Å². The molecule has 3 rings (SSSR count). The Balaban J connectivity index is 1.60. The zero-order chi connectivity index (χ0) is 17.6. The number of nitro groups is 1. The molecule has 1 heterocycles. The van der Waals surface area contributed by atoms with Gasteiger partial charge < -0.3 is 4.74 Å². The van der Waals surface area contributed by atoms with Crippen molar-refractivity contribution in [1.82, 2.24) is 20.2 Å². The third-order valence-corrected chi connectivity index (χ3v) is 3.14. The van der Waals surface area contributed by atoms with Crippen LogP contribution in [0.1, 0.15) is 0 Å². The molecule has 0 saturated heterocycles. The van der Waals surface area contributed by atoms with Gasteiger partial charge in [-0.3, -0.25) is 20.2 Å². The normalized spacial score (nSPS) is 10.2. The maximum Gasteiger partial charge on any atom is 0.269 e. The summed E-state index contributed by atoms with van der Waals surface area (Å²) in [5.41, 5.74) is 0.637. The molecule has 10 heteroatoms. The van der Waals surface area contributed by atoms with Gasteiger partial charge in [0.25, 0.3) is 17.5 Å². The van der Waals surface area contributed by atoms with Gasteiger partial charge in [0.05, 0.1) is 10.6 Å². The lowest BCUT2D eigenvalue weighted by atomic mass is 10.3. The number of nitrogens with one attached hydrogen (secondary N) is 1. The predicted octanol–water partition coefficient (Wildman–Crippen LogP) is 1.59. The Morgan fingerprint density at radius 2 is 1.88 bits per heavy atom. The van der Waals surface area contributed by atoms with E-state index in [9.17, 15) is 14.9 Å². The molecule has 1 amide bonds. The van der Waals surface area contributed by atoms with Crippen LogP contribution in [-0.4, -0.2) is 37.6 Å². The second kappa shape index (κ2) is 7.17. The van der Waals surface area contributed by atoms with Crippen LogP contribution in [0.2, 0.25) is 0 Å². The van der Waals surface area contributed by atoms with Gasteiger partial charge in [-0.1, -0.05) is 23.3 Å². The Kier molecular flexibility index (Phi) is 4.60. The molecule has 0 saturated carbocycles. The van der Waals surface area contributed by atoms with Gasteiger partial charge in [-0.15, -0.1) is 0 Å². The SMILES string of the molecule is O=C(COc1ccc([N+](=O)[O-])cc1)Nc1nnnn1-c1ccccc1. The molecule has 3 aromatic rings. The molecule has 0 atom stereocenters. The van der Waals surface area contributed by atoms with Crippen LogP contribution in [0, 0.1) is 10.1 Å². The van der Waals surface area contributed by atoms with Crippen molar-refractivity contribution in [3.63, 3.8) is 0 Å². The molecule has 25 heavy (non-hydrogen) atoms. The zero-order valence-corrected chi connectivity index (χ0v) is 12.8. The largest absolute Gasteiger partial charge is 0.484 e. The number of carbonyl (C=O) groups is 1. The van der Waals surface area contributed by atoms with Gasteiger partial charge in [0.1, 0.15) is 5.75 Å². The Bertz CT molecular complexity index is 879. The van der Waals surface area contributed by atoms with Crippen LogP contribution in [0.25, 0.3) is 5.69 Å². The first-order valence-electron chi connectivity index (χ1n) is 7.14. The summed E-state index contributed by atoms with van der Waals surface area (Å²) >= 11 is 0. The molecular formula is C15H12N6O4. The summed E-state index contributed by atoms with van der Waals surface area (Å²) in [5, 5.41) is 24.2. The Labute approximate surface area is 141 Å². The number of para-hydroxylation sites is 1. The highest BCUT2D eigenvalue weighted by Gasteiger charge is 2.12. The van der Waals surface area contributed by atoms with Crippen molar-refractivity contribution in [2.45, 2.75) is 0 Å². The number of hydrogen-bond donors (Lipinski definition) is 1.